The molecule has 0 aliphatic heterocycles. The molecule has 2 aromatic carbocycles. The Morgan fingerprint density at radius 3 is 2.68 bits per heavy atom. The van der Waals surface area contributed by atoms with E-state index in [1.807, 2.05) is 41.5 Å². The summed E-state index contributed by atoms with van der Waals surface area (Å²) in [5.74, 6) is 0.796. The molecule has 0 fully saturated rings. The summed E-state index contributed by atoms with van der Waals surface area (Å²) in [5, 5.41) is 17.0. The van der Waals surface area contributed by atoms with Crippen molar-refractivity contribution in [1.82, 2.24) is 35.1 Å². The first-order valence-electron chi connectivity index (χ1n) is 10.4. The summed E-state index contributed by atoms with van der Waals surface area (Å²) in [6, 6.07) is 14.2. The highest BCUT2D eigenvalue weighted by Crippen LogP contribution is 2.25. The molecule has 0 radical (unpaired) electrons. The van der Waals surface area contributed by atoms with Crippen LogP contribution in [0, 0.1) is 13.8 Å². The number of imidazole rings is 1. The molecule has 0 aliphatic carbocycles. The number of benzene rings is 2. The number of aryl methyl sites for hydroxylation is 3. The first-order chi connectivity index (χ1) is 15.1. The molecule has 1 atom stereocenters. The fourth-order valence-electron chi connectivity index (χ4n) is 3.71. The van der Waals surface area contributed by atoms with Gasteiger partial charge in [-0.3, -0.25) is 0 Å². The van der Waals surface area contributed by atoms with Gasteiger partial charge in [-0.2, -0.15) is 0 Å². The SMILES string of the molecule is Cc1ccc(C(NCCCn2ccnc2)c2nnnn2Cc2ccc(Cl)cc2)c(C)c1. The number of hydrogen-bond acceptors (Lipinski definition) is 5. The molecule has 8 heteroatoms. The van der Waals surface area contributed by atoms with Crippen LogP contribution in [-0.4, -0.2) is 36.3 Å². The zero-order valence-corrected chi connectivity index (χ0v) is 18.5. The largest absolute Gasteiger partial charge is 0.337 e. The van der Waals surface area contributed by atoms with Crippen molar-refractivity contribution in [3.05, 3.63) is 94.3 Å². The van der Waals surface area contributed by atoms with Gasteiger partial charge in [0.2, 0.25) is 0 Å². The van der Waals surface area contributed by atoms with Crippen LogP contribution < -0.4 is 5.32 Å². The third-order valence-corrected chi connectivity index (χ3v) is 5.55. The van der Waals surface area contributed by atoms with E-state index in [1.165, 1.54) is 16.7 Å². The Hall–Kier alpha value is -3.03. The molecule has 0 bridgehead atoms. The molecule has 7 nitrogen and oxygen atoms in total. The number of rotatable bonds is 9. The molecule has 0 spiro atoms. The Morgan fingerprint density at radius 1 is 1.10 bits per heavy atom. The van der Waals surface area contributed by atoms with Gasteiger partial charge in [-0.25, -0.2) is 9.67 Å². The number of tetrazole rings is 1. The number of nitrogens with one attached hydrogen (secondary N) is 1. The Labute approximate surface area is 187 Å². The van der Waals surface area contributed by atoms with Crippen molar-refractivity contribution in [1.29, 1.82) is 0 Å². The van der Waals surface area contributed by atoms with E-state index in [0.717, 1.165) is 30.9 Å². The van der Waals surface area contributed by atoms with Crippen LogP contribution in [0.5, 0.6) is 0 Å². The van der Waals surface area contributed by atoms with E-state index in [9.17, 15) is 0 Å². The van der Waals surface area contributed by atoms with E-state index < -0.39 is 0 Å². The van der Waals surface area contributed by atoms with Gasteiger partial charge in [-0.15, -0.1) is 5.10 Å². The minimum Gasteiger partial charge on any atom is -0.337 e. The van der Waals surface area contributed by atoms with E-state index in [0.29, 0.717) is 11.6 Å². The second-order valence-electron chi connectivity index (χ2n) is 7.72. The quantitative estimate of drug-likeness (QED) is 0.403. The van der Waals surface area contributed by atoms with Gasteiger partial charge in [-0.1, -0.05) is 47.5 Å². The van der Waals surface area contributed by atoms with Gasteiger partial charge in [0.1, 0.15) is 0 Å². The summed E-state index contributed by atoms with van der Waals surface area (Å²) in [4.78, 5) is 4.11. The lowest BCUT2D eigenvalue weighted by Crippen LogP contribution is -2.28. The van der Waals surface area contributed by atoms with Gasteiger partial charge in [0.25, 0.3) is 0 Å². The van der Waals surface area contributed by atoms with Gasteiger partial charge in [0.15, 0.2) is 5.82 Å². The van der Waals surface area contributed by atoms with E-state index in [-0.39, 0.29) is 6.04 Å². The molecule has 4 rings (SSSR count). The van der Waals surface area contributed by atoms with Gasteiger partial charge in [0, 0.05) is 24.0 Å². The summed E-state index contributed by atoms with van der Waals surface area (Å²) >= 11 is 6.03. The van der Waals surface area contributed by atoms with Crippen molar-refractivity contribution in [2.75, 3.05) is 6.54 Å². The predicted molar refractivity (Wildman–Crippen MR) is 121 cm³/mol. The Morgan fingerprint density at radius 2 is 1.94 bits per heavy atom. The predicted octanol–water partition coefficient (Wildman–Crippen LogP) is 3.96. The molecular weight excluding hydrogens is 410 g/mol. The van der Waals surface area contributed by atoms with Crippen LogP contribution in [-0.2, 0) is 13.1 Å². The summed E-state index contributed by atoms with van der Waals surface area (Å²) < 4.78 is 3.94. The molecule has 2 aromatic heterocycles. The van der Waals surface area contributed by atoms with Crippen molar-refractivity contribution in [3.8, 4) is 0 Å². The van der Waals surface area contributed by atoms with Crippen molar-refractivity contribution in [2.24, 2.45) is 0 Å². The van der Waals surface area contributed by atoms with Crippen LogP contribution >= 0.6 is 11.6 Å². The molecule has 31 heavy (non-hydrogen) atoms. The fourth-order valence-corrected chi connectivity index (χ4v) is 3.84. The summed E-state index contributed by atoms with van der Waals surface area (Å²) in [6.07, 6.45) is 6.59. The summed E-state index contributed by atoms with van der Waals surface area (Å²) in [5.41, 5.74) is 4.73. The van der Waals surface area contributed by atoms with Crippen LogP contribution in [0.2, 0.25) is 5.02 Å². The standard InChI is InChI=1S/C23H26ClN7/c1-17-4-9-21(18(2)14-17)22(26-10-3-12-30-13-11-25-16-30)23-27-28-29-31(23)15-19-5-7-20(24)8-6-19/h4-9,11,13-14,16,22,26H,3,10,12,15H2,1-2H3. The van der Waals surface area contributed by atoms with Crippen LogP contribution in [0.4, 0.5) is 0 Å². The lowest BCUT2D eigenvalue weighted by Gasteiger charge is -2.21. The summed E-state index contributed by atoms with van der Waals surface area (Å²) in [6.45, 7) is 6.55. The van der Waals surface area contributed by atoms with Gasteiger partial charge in [0.05, 0.1) is 18.9 Å². The van der Waals surface area contributed by atoms with Crippen molar-refractivity contribution in [2.45, 2.75) is 39.4 Å². The topological polar surface area (TPSA) is 73.5 Å². The lowest BCUT2D eigenvalue weighted by molar-refractivity contribution is 0.501. The maximum Gasteiger partial charge on any atom is 0.173 e. The highest BCUT2D eigenvalue weighted by atomic mass is 35.5. The molecule has 160 valence electrons. The second-order valence-corrected chi connectivity index (χ2v) is 8.16. The second kappa shape index (κ2) is 9.85. The molecule has 0 saturated heterocycles. The molecule has 2 heterocycles. The fraction of sp³-hybridized carbons (Fsp3) is 0.304. The third kappa shape index (κ3) is 5.37. The maximum absolute atomic E-state index is 6.03. The Balaban J connectivity index is 1.56. The Kier molecular flexibility index (Phi) is 6.74. The maximum atomic E-state index is 6.03. The number of hydrogen-bond donors (Lipinski definition) is 1. The zero-order chi connectivity index (χ0) is 21.6. The average molecular weight is 436 g/mol. The molecule has 0 saturated carbocycles. The van der Waals surface area contributed by atoms with Gasteiger partial charge < -0.3 is 9.88 Å². The van der Waals surface area contributed by atoms with Crippen LogP contribution in [0.15, 0.2) is 61.2 Å². The highest BCUT2D eigenvalue weighted by molar-refractivity contribution is 6.30. The molecule has 1 unspecified atom stereocenters. The first kappa shape index (κ1) is 21.2. The zero-order valence-electron chi connectivity index (χ0n) is 17.7. The molecule has 4 aromatic rings. The molecule has 0 amide bonds. The number of halogens is 1. The normalized spacial score (nSPS) is 12.2. The minimum atomic E-state index is -0.106. The van der Waals surface area contributed by atoms with Crippen molar-refractivity contribution < 1.29 is 0 Å². The monoisotopic (exact) mass is 435 g/mol. The minimum absolute atomic E-state index is 0.106. The van der Waals surface area contributed by atoms with Crippen molar-refractivity contribution >= 4 is 11.6 Å². The smallest absolute Gasteiger partial charge is 0.173 e. The molecule has 1 N–H and O–H groups in total. The first-order valence-corrected chi connectivity index (χ1v) is 10.7. The number of nitrogens with zero attached hydrogens (tertiary/aromatic N) is 6. The third-order valence-electron chi connectivity index (χ3n) is 5.30. The highest BCUT2D eigenvalue weighted by Gasteiger charge is 2.22. The van der Waals surface area contributed by atoms with Gasteiger partial charge in [-0.05, 0) is 66.1 Å². The molecular formula is C23H26ClN7. The van der Waals surface area contributed by atoms with E-state index in [2.05, 4.69) is 62.4 Å². The van der Waals surface area contributed by atoms with Crippen LogP contribution in [0.3, 0.4) is 0 Å². The Bertz CT molecular complexity index is 1100. The van der Waals surface area contributed by atoms with E-state index in [1.54, 1.807) is 6.20 Å². The van der Waals surface area contributed by atoms with Gasteiger partial charge >= 0.3 is 0 Å². The van der Waals surface area contributed by atoms with Crippen LogP contribution in [0.25, 0.3) is 0 Å². The number of aromatic nitrogens is 6. The molecule has 0 aliphatic rings. The van der Waals surface area contributed by atoms with E-state index >= 15 is 0 Å². The van der Waals surface area contributed by atoms with Crippen molar-refractivity contribution in [3.63, 3.8) is 0 Å². The lowest BCUT2D eigenvalue weighted by atomic mass is 9.98. The average Bonchev–Trinajstić information content (AvgIpc) is 3.43. The summed E-state index contributed by atoms with van der Waals surface area (Å²) in [7, 11) is 0. The van der Waals surface area contributed by atoms with Crippen LogP contribution in [0.1, 0.15) is 40.5 Å². The van der Waals surface area contributed by atoms with E-state index in [4.69, 9.17) is 11.6 Å².